The van der Waals surface area contributed by atoms with Crippen molar-refractivity contribution < 1.29 is 9.21 Å². The first-order valence-electron chi connectivity index (χ1n) is 8.51. The van der Waals surface area contributed by atoms with Crippen LogP contribution in [0.5, 0.6) is 0 Å². The number of nitrogens with zero attached hydrogens (tertiary/aromatic N) is 4. The van der Waals surface area contributed by atoms with E-state index < -0.39 is 0 Å². The molecule has 0 unspecified atom stereocenters. The number of anilines is 1. The lowest BCUT2D eigenvalue weighted by Crippen LogP contribution is -2.48. The molecule has 1 saturated carbocycles. The van der Waals surface area contributed by atoms with Gasteiger partial charge in [-0.1, -0.05) is 0 Å². The highest BCUT2D eigenvalue weighted by atomic mass is 16.4. The molecule has 1 amide bonds. The Morgan fingerprint density at radius 1 is 1.38 bits per heavy atom. The van der Waals surface area contributed by atoms with Gasteiger partial charge in [-0.05, 0) is 44.7 Å². The highest BCUT2D eigenvalue weighted by Crippen LogP contribution is 2.40. The number of hydrogen-bond acceptors (Lipinski definition) is 6. The first-order valence-corrected chi connectivity index (χ1v) is 8.51. The van der Waals surface area contributed by atoms with Gasteiger partial charge in [0.25, 0.3) is 5.91 Å². The second kappa shape index (κ2) is 6.22. The molecule has 1 N–H and O–H groups in total. The van der Waals surface area contributed by atoms with Crippen LogP contribution < -0.4 is 10.2 Å². The molecule has 2 aromatic rings. The van der Waals surface area contributed by atoms with Crippen LogP contribution >= 0.6 is 0 Å². The third-order valence-corrected chi connectivity index (χ3v) is 4.58. The van der Waals surface area contributed by atoms with E-state index in [-0.39, 0.29) is 11.9 Å². The minimum absolute atomic E-state index is 0.0714. The average molecular weight is 327 g/mol. The van der Waals surface area contributed by atoms with Crippen LogP contribution in [-0.2, 0) is 0 Å². The van der Waals surface area contributed by atoms with E-state index in [1.54, 1.807) is 6.20 Å². The van der Waals surface area contributed by atoms with Gasteiger partial charge >= 0.3 is 0 Å². The normalized spacial score (nSPS) is 20.9. The minimum Gasteiger partial charge on any atom is -0.435 e. The topological polar surface area (TPSA) is 84.2 Å². The molecule has 3 heterocycles. The summed E-state index contributed by atoms with van der Waals surface area (Å²) in [6.07, 6.45) is 5.83. The summed E-state index contributed by atoms with van der Waals surface area (Å²) in [5, 5.41) is 11.2. The molecule has 24 heavy (non-hydrogen) atoms. The second-order valence-corrected chi connectivity index (χ2v) is 6.58. The number of carbonyl (C=O) groups is 1. The van der Waals surface area contributed by atoms with Gasteiger partial charge in [-0.15, -0.1) is 5.10 Å². The molecule has 0 bridgehead atoms. The van der Waals surface area contributed by atoms with E-state index in [1.807, 2.05) is 19.1 Å². The van der Waals surface area contributed by atoms with Crippen molar-refractivity contribution in [3.63, 3.8) is 0 Å². The van der Waals surface area contributed by atoms with Crippen molar-refractivity contribution in [3.8, 4) is 0 Å². The number of carbonyl (C=O) groups excluding carboxylic acids is 1. The van der Waals surface area contributed by atoms with E-state index in [0.717, 1.165) is 44.6 Å². The largest absolute Gasteiger partial charge is 0.435 e. The maximum absolute atomic E-state index is 12.5. The maximum atomic E-state index is 12.5. The molecule has 7 heteroatoms. The van der Waals surface area contributed by atoms with Crippen LogP contribution in [-0.4, -0.2) is 40.2 Å². The van der Waals surface area contributed by atoms with Crippen molar-refractivity contribution >= 4 is 11.7 Å². The van der Waals surface area contributed by atoms with Crippen LogP contribution in [0.15, 0.2) is 22.7 Å². The van der Waals surface area contributed by atoms with Crippen molar-refractivity contribution in [2.75, 3.05) is 18.0 Å². The minimum atomic E-state index is -0.169. The van der Waals surface area contributed by atoms with Crippen molar-refractivity contribution in [2.45, 2.75) is 44.6 Å². The number of rotatable bonds is 4. The number of aromatic nitrogens is 3. The lowest BCUT2D eigenvalue weighted by Gasteiger charge is -2.33. The summed E-state index contributed by atoms with van der Waals surface area (Å²) >= 11 is 0. The summed E-state index contributed by atoms with van der Waals surface area (Å²) in [5.41, 5.74) is 0.677. The molecular formula is C17H21N5O2. The fourth-order valence-corrected chi connectivity index (χ4v) is 3.15. The summed E-state index contributed by atoms with van der Waals surface area (Å²) < 4.78 is 5.69. The maximum Gasteiger partial charge on any atom is 0.289 e. The van der Waals surface area contributed by atoms with E-state index in [2.05, 4.69) is 25.4 Å². The second-order valence-electron chi connectivity index (χ2n) is 6.58. The highest BCUT2D eigenvalue weighted by molar-refractivity contribution is 5.92. The Morgan fingerprint density at radius 3 is 3.00 bits per heavy atom. The molecule has 0 spiro atoms. The van der Waals surface area contributed by atoms with Gasteiger partial charge in [0.1, 0.15) is 0 Å². The molecule has 7 nitrogen and oxygen atoms in total. The van der Waals surface area contributed by atoms with Gasteiger partial charge in [-0.2, -0.15) is 5.10 Å². The predicted octanol–water partition coefficient (Wildman–Crippen LogP) is 2.05. The van der Waals surface area contributed by atoms with Crippen LogP contribution in [0.25, 0.3) is 0 Å². The molecule has 0 aromatic carbocycles. The molecule has 2 aromatic heterocycles. The molecule has 126 valence electrons. The van der Waals surface area contributed by atoms with Crippen LogP contribution in [0.4, 0.5) is 5.82 Å². The predicted molar refractivity (Wildman–Crippen MR) is 87.9 cm³/mol. The summed E-state index contributed by atoms with van der Waals surface area (Å²) in [5.74, 6) is 2.16. The molecule has 1 aliphatic carbocycles. The zero-order chi connectivity index (χ0) is 16.5. The van der Waals surface area contributed by atoms with Gasteiger partial charge in [0.2, 0.25) is 5.76 Å². The van der Waals surface area contributed by atoms with Crippen molar-refractivity contribution in [2.24, 2.45) is 0 Å². The zero-order valence-electron chi connectivity index (χ0n) is 13.7. The molecule has 4 rings (SSSR count). The smallest absolute Gasteiger partial charge is 0.289 e. The number of nitrogens with one attached hydrogen (secondary N) is 1. The highest BCUT2D eigenvalue weighted by Gasteiger charge is 2.31. The van der Waals surface area contributed by atoms with Gasteiger partial charge in [-0.25, -0.2) is 4.98 Å². The van der Waals surface area contributed by atoms with E-state index in [0.29, 0.717) is 23.3 Å². The lowest BCUT2D eigenvalue weighted by atomic mass is 10.1. The van der Waals surface area contributed by atoms with Crippen molar-refractivity contribution in [1.82, 2.24) is 20.5 Å². The summed E-state index contributed by atoms with van der Waals surface area (Å²) in [7, 11) is 0. The quantitative estimate of drug-likeness (QED) is 0.925. The van der Waals surface area contributed by atoms with E-state index in [1.165, 1.54) is 0 Å². The fraction of sp³-hybridized carbons (Fsp3) is 0.529. The number of hydrogen-bond donors (Lipinski definition) is 1. The van der Waals surface area contributed by atoms with Crippen LogP contribution in [0.1, 0.15) is 53.7 Å². The van der Waals surface area contributed by atoms with Crippen LogP contribution in [0.2, 0.25) is 0 Å². The third kappa shape index (κ3) is 3.11. The summed E-state index contributed by atoms with van der Waals surface area (Å²) in [6.45, 7) is 3.49. The van der Waals surface area contributed by atoms with Gasteiger partial charge in [-0.3, -0.25) is 4.79 Å². The van der Waals surface area contributed by atoms with Gasteiger partial charge in [0.15, 0.2) is 11.7 Å². The van der Waals surface area contributed by atoms with E-state index in [4.69, 9.17) is 4.42 Å². The number of oxazole rings is 1. The van der Waals surface area contributed by atoms with Gasteiger partial charge in [0, 0.05) is 31.2 Å². The average Bonchev–Trinajstić information content (AvgIpc) is 3.38. The van der Waals surface area contributed by atoms with E-state index in [9.17, 15) is 4.79 Å². The molecule has 0 radical (unpaired) electrons. The Labute approximate surface area is 140 Å². The Kier molecular flexibility index (Phi) is 3.92. The molecule has 2 aliphatic rings. The standard InChI is InChI=1S/C17H21N5O2/c1-11-15(24-17(19-11)12-6-7-12)16(23)20-13-4-3-9-22(10-13)14-5-2-8-18-21-14/h2,5,8,12-13H,3-4,6-7,9-10H2,1H3,(H,20,23)/t13-/m1/s1. The Bertz CT molecular complexity index is 726. The Morgan fingerprint density at radius 2 is 2.25 bits per heavy atom. The van der Waals surface area contributed by atoms with Crippen molar-refractivity contribution in [1.29, 1.82) is 0 Å². The summed E-state index contributed by atoms with van der Waals surface area (Å²) in [4.78, 5) is 19.1. The van der Waals surface area contributed by atoms with Crippen LogP contribution in [0.3, 0.4) is 0 Å². The van der Waals surface area contributed by atoms with Crippen LogP contribution in [0, 0.1) is 6.92 Å². The van der Waals surface area contributed by atoms with E-state index >= 15 is 0 Å². The molecule has 1 atom stereocenters. The Hall–Kier alpha value is -2.44. The summed E-state index contributed by atoms with van der Waals surface area (Å²) in [6, 6.07) is 3.89. The first-order chi connectivity index (χ1) is 11.7. The lowest BCUT2D eigenvalue weighted by molar-refractivity contribution is 0.0902. The first kappa shape index (κ1) is 15.1. The van der Waals surface area contributed by atoms with Crippen molar-refractivity contribution in [3.05, 3.63) is 35.7 Å². The van der Waals surface area contributed by atoms with Gasteiger partial charge in [0.05, 0.1) is 5.69 Å². The SMILES string of the molecule is Cc1nc(C2CC2)oc1C(=O)N[C@@H]1CCCN(c2cccnn2)C1. The monoisotopic (exact) mass is 327 g/mol. The third-order valence-electron chi connectivity index (χ3n) is 4.58. The molecule has 1 aliphatic heterocycles. The molecule has 1 saturated heterocycles. The zero-order valence-corrected chi connectivity index (χ0v) is 13.7. The molecular weight excluding hydrogens is 306 g/mol. The Balaban J connectivity index is 1.42. The molecule has 2 fully saturated rings. The number of piperidine rings is 1. The number of amides is 1. The fourth-order valence-electron chi connectivity index (χ4n) is 3.15. The van der Waals surface area contributed by atoms with Gasteiger partial charge < -0.3 is 14.6 Å². The number of aryl methyl sites for hydroxylation is 1.